The van der Waals surface area contributed by atoms with E-state index in [-0.39, 0.29) is 0 Å². The normalized spacial score (nSPS) is 11.4. The van der Waals surface area contributed by atoms with E-state index in [1.165, 1.54) is 0 Å². The lowest BCUT2D eigenvalue weighted by Gasteiger charge is -2.15. The summed E-state index contributed by atoms with van der Waals surface area (Å²) in [4.78, 5) is 11.7. The van der Waals surface area contributed by atoms with Crippen molar-refractivity contribution in [2.75, 3.05) is 0 Å². The lowest BCUT2D eigenvalue weighted by molar-refractivity contribution is -0.130. The molecule has 0 bridgehead atoms. The predicted molar refractivity (Wildman–Crippen MR) is 134 cm³/mol. The molecule has 1 atom stereocenters. The second kappa shape index (κ2) is 10.2. The third-order valence-electron chi connectivity index (χ3n) is 5.06. The molecule has 1 unspecified atom stereocenters. The van der Waals surface area contributed by atoms with E-state index in [0.717, 1.165) is 33.4 Å². The summed E-state index contributed by atoms with van der Waals surface area (Å²) in [6.07, 6.45) is -1.03. The van der Waals surface area contributed by atoms with Crippen LogP contribution in [0.25, 0.3) is 27.8 Å². The average molecular weight is 441 g/mol. The lowest BCUT2D eigenvalue weighted by atomic mass is 9.92. The van der Waals surface area contributed by atoms with Gasteiger partial charge in [-0.1, -0.05) is 61.7 Å². The van der Waals surface area contributed by atoms with Crippen LogP contribution < -0.4 is 9.47 Å². The van der Waals surface area contributed by atoms with Crippen LogP contribution in [0.1, 0.15) is 26.3 Å². The van der Waals surface area contributed by atoms with E-state index in [1.807, 2.05) is 43.3 Å². The van der Waals surface area contributed by atoms with Gasteiger partial charge in [0.25, 0.3) is 0 Å². The van der Waals surface area contributed by atoms with Gasteiger partial charge in [0.2, 0.25) is 6.29 Å². The van der Waals surface area contributed by atoms with Gasteiger partial charge in [0.05, 0.1) is 0 Å². The molecule has 33 heavy (non-hydrogen) atoms. The van der Waals surface area contributed by atoms with Crippen molar-refractivity contribution in [1.29, 1.82) is 0 Å². The van der Waals surface area contributed by atoms with Gasteiger partial charge in [0.15, 0.2) is 0 Å². The van der Waals surface area contributed by atoms with Crippen LogP contribution in [0.4, 0.5) is 0 Å². The molecule has 4 heteroatoms. The van der Waals surface area contributed by atoms with Gasteiger partial charge in [0.1, 0.15) is 11.5 Å². The molecule has 3 aromatic rings. The van der Waals surface area contributed by atoms with Crippen molar-refractivity contribution in [3.05, 3.63) is 103 Å². The number of hydrogen-bond donors (Lipinski definition) is 1. The topological polar surface area (TPSA) is 55.8 Å². The van der Waals surface area contributed by atoms with Gasteiger partial charge in [-0.05, 0) is 84.5 Å². The Morgan fingerprint density at radius 2 is 1.33 bits per heavy atom. The standard InChI is InChI=1S/C29H28O4/c1-18(2)27-17-23(21-7-12-24(13-8-21)32-28(30)19(3)4)11-16-26(27)22-9-14-25(15-10-22)33-29(31)20(5)6/h7-17,28,30H,1,3,5H2,2,4,6H3. The second-order valence-electron chi connectivity index (χ2n) is 8.08. The summed E-state index contributed by atoms with van der Waals surface area (Å²) in [5.74, 6) is 0.595. The predicted octanol–water partition coefficient (Wildman–Crippen LogP) is 6.81. The van der Waals surface area contributed by atoms with Gasteiger partial charge in [-0.2, -0.15) is 0 Å². The Hall–Kier alpha value is -3.89. The first-order chi connectivity index (χ1) is 15.7. The third kappa shape index (κ3) is 5.88. The Morgan fingerprint density at radius 1 is 0.788 bits per heavy atom. The van der Waals surface area contributed by atoms with Crippen LogP contribution in [-0.2, 0) is 4.79 Å². The number of allylic oxidation sites excluding steroid dienone is 1. The van der Waals surface area contributed by atoms with Crippen molar-refractivity contribution in [3.63, 3.8) is 0 Å². The molecule has 3 aromatic carbocycles. The van der Waals surface area contributed by atoms with Crippen LogP contribution in [-0.4, -0.2) is 17.4 Å². The molecule has 0 heterocycles. The molecule has 0 radical (unpaired) electrons. The number of carbonyl (C=O) groups excluding carboxylic acids is 1. The fourth-order valence-corrected chi connectivity index (χ4v) is 3.18. The molecule has 4 nitrogen and oxygen atoms in total. The van der Waals surface area contributed by atoms with Gasteiger partial charge in [-0.15, -0.1) is 0 Å². The molecular formula is C29H28O4. The van der Waals surface area contributed by atoms with Crippen LogP contribution in [0.15, 0.2) is 97.6 Å². The maximum Gasteiger partial charge on any atom is 0.338 e. The molecule has 0 aliphatic carbocycles. The van der Waals surface area contributed by atoms with Crippen molar-refractivity contribution in [2.24, 2.45) is 0 Å². The molecule has 3 rings (SSSR count). The molecule has 0 aliphatic rings. The van der Waals surface area contributed by atoms with Crippen molar-refractivity contribution in [1.82, 2.24) is 0 Å². The number of rotatable bonds is 8. The highest BCUT2D eigenvalue weighted by molar-refractivity contribution is 5.89. The fraction of sp³-hybridized carbons (Fsp3) is 0.138. The summed E-state index contributed by atoms with van der Waals surface area (Å²) in [5.41, 5.74) is 6.94. The molecule has 0 fully saturated rings. The third-order valence-corrected chi connectivity index (χ3v) is 5.06. The zero-order chi connectivity index (χ0) is 24.1. The minimum atomic E-state index is -1.03. The van der Waals surface area contributed by atoms with Crippen molar-refractivity contribution >= 4 is 11.5 Å². The maximum atomic E-state index is 11.7. The maximum absolute atomic E-state index is 11.7. The molecule has 0 saturated carbocycles. The molecule has 0 spiro atoms. The largest absolute Gasteiger partial charge is 0.461 e. The first kappa shape index (κ1) is 23.8. The van der Waals surface area contributed by atoms with E-state index >= 15 is 0 Å². The molecule has 168 valence electrons. The Balaban J connectivity index is 1.87. The van der Waals surface area contributed by atoms with Gasteiger partial charge in [0, 0.05) is 5.57 Å². The zero-order valence-electron chi connectivity index (χ0n) is 19.2. The van der Waals surface area contributed by atoms with Gasteiger partial charge in [-0.25, -0.2) is 4.79 Å². The highest BCUT2D eigenvalue weighted by atomic mass is 16.6. The number of ether oxygens (including phenoxy) is 2. The first-order valence-corrected chi connectivity index (χ1v) is 10.5. The van der Waals surface area contributed by atoms with E-state index in [2.05, 4.69) is 37.9 Å². The Morgan fingerprint density at radius 3 is 1.88 bits per heavy atom. The summed E-state index contributed by atoms with van der Waals surface area (Å²) >= 11 is 0. The number of benzene rings is 3. The van der Waals surface area contributed by atoms with E-state index in [9.17, 15) is 9.90 Å². The van der Waals surface area contributed by atoms with E-state index in [0.29, 0.717) is 22.6 Å². The number of aliphatic hydroxyl groups excluding tert-OH is 1. The van der Waals surface area contributed by atoms with Crippen LogP contribution in [0.5, 0.6) is 11.5 Å². The smallest absolute Gasteiger partial charge is 0.338 e. The van der Waals surface area contributed by atoms with Crippen LogP contribution >= 0.6 is 0 Å². The molecular weight excluding hydrogens is 412 g/mol. The second-order valence-corrected chi connectivity index (χ2v) is 8.08. The molecule has 1 N–H and O–H groups in total. The minimum absolute atomic E-state index is 0.353. The SMILES string of the molecule is C=C(C)C(=O)Oc1ccc(-c2ccc(-c3ccc(OC(O)C(=C)C)cc3)cc2C(=C)C)cc1. The van der Waals surface area contributed by atoms with Crippen LogP contribution in [0, 0.1) is 0 Å². The summed E-state index contributed by atoms with van der Waals surface area (Å²) in [6.45, 7) is 16.7. The van der Waals surface area contributed by atoms with Gasteiger partial charge in [-0.3, -0.25) is 0 Å². The quantitative estimate of drug-likeness (QED) is 0.137. The fourth-order valence-electron chi connectivity index (χ4n) is 3.18. The zero-order valence-corrected chi connectivity index (χ0v) is 19.2. The average Bonchev–Trinajstić information content (AvgIpc) is 2.79. The van der Waals surface area contributed by atoms with Crippen molar-refractivity contribution < 1.29 is 19.4 Å². The van der Waals surface area contributed by atoms with E-state index < -0.39 is 12.3 Å². The highest BCUT2D eigenvalue weighted by Gasteiger charge is 2.11. The number of aliphatic hydroxyl groups is 1. The van der Waals surface area contributed by atoms with Crippen LogP contribution in [0.3, 0.4) is 0 Å². The first-order valence-electron chi connectivity index (χ1n) is 10.5. The van der Waals surface area contributed by atoms with Gasteiger partial charge < -0.3 is 14.6 Å². The number of carbonyl (C=O) groups is 1. The Bertz CT molecular complexity index is 1200. The van der Waals surface area contributed by atoms with Crippen LogP contribution in [0.2, 0.25) is 0 Å². The lowest BCUT2D eigenvalue weighted by Crippen LogP contribution is -2.15. The Labute approximate surface area is 195 Å². The number of hydrogen-bond acceptors (Lipinski definition) is 4. The van der Waals surface area contributed by atoms with Crippen molar-refractivity contribution in [2.45, 2.75) is 27.1 Å². The highest BCUT2D eigenvalue weighted by Crippen LogP contribution is 2.34. The van der Waals surface area contributed by atoms with Gasteiger partial charge >= 0.3 is 5.97 Å². The summed E-state index contributed by atoms with van der Waals surface area (Å²) in [5, 5.41) is 9.83. The monoisotopic (exact) mass is 440 g/mol. The number of esters is 1. The molecule has 0 aliphatic heterocycles. The molecule has 0 saturated heterocycles. The Kier molecular flexibility index (Phi) is 7.31. The minimum Gasteiger partial charge on any atom is -0.461 e. The van der Waals surface area contributed by atoms with Crippen molar-refractivity contribution in [3.8, 4) is 33.8 Å². The van der Waals surface area contributed by atoms with E-state index in [4.69, 9.17) is 9.47 Å². The summed E-state index contributed by atoms with van der Waals surface area (Å²) in [6, 6.07) is 21.1. The summed E-state index contributed by atoms with van der Waals surface area (Å²) in [7, 11) is 0. The van der Waals surface area contributed by atoms with E-state index in [1.54, 1.807) is 26.0 Å². The summed E-state index contributed by atoms with van der Waals surface area (Å²) < 4.78 is 10.7. The molecule has 0 aromatic heterocycles. The molecule has 0 amide bonds.